The number of hydrogen-bond acceptors (Lipinski definition) is 7. The molecule has 3 N–H and O–H groups in total. The number of halogens is 2. The number of fused-ring (bicyclic) bond motifs is 2. The number of nitrogens with one attached hydrogen (secondary N) is 1. The normalized spacial score (nSPS) is 21.2. The molecular formula is C23H20F2N8O2. The van der Waals surface area contributed by atoms with Gasteiger partial charge in [-0.05, 0) is 31.2 Å². The van der Waals surface area contributed by atoms with Crippen LogP contribution in [-0.2, 0) is 12.1 Å². The molecule has 0 spiro atoms. The van der Waals surface area contributed by atoms with E-state index < -0.39 is 22.7 Å². The van der Waals surface area contributed by atoms with Crippen molar-refractivity contribution in [2.75, 3.05) is 17.2 Å². The average molecular weight is 478 g/mol. The van der Waals surface area contributed by atoms with Crippen molar-refractivity contribution >= 4 is 23.2 Å². The second kappa shape index (κ2) is 7.08. The lowest BCUT2D eigenvalue weighted by Crippen LogP contribution is -2.65. The number of carbonyl (C=O) groups is 1. The van der Waals surface area contributed by atoms with Gasteiger partial charge in [-0.3, -0.25) is 14.2 Å². The van der Waals surface area contributed by atoms with Gasteiger partial charge < -0.3 is 16.0 Å². The van der Waals surface area contributed by atoms with Crippen LogP contribution >= 0.6 is 0 Å². The third-order valence-corrected chi connectivity index (χ3v) is 7.01. The van der Waals surface area contributed by atoms with Gasteiger partial charge in [-0.1, -0.05) is 13.0 Å². The van der Waals surface area contributed by atoms with E-state index in [-0.39, 0.29) is 41.3 Å². The zero-order chi connectivity index (χ0) is 24.6. The van der Waals surface area contributed by atoms with E-state index in [4.69, 9.17) is 5.73 Å². The van der Waals surface area contributed by atoms with Gasteiger partial charge in [0.1, 0.15) is 22.7 Å². The van der Waals surface area contributed by atoms with E-state index in [2.05, 4.69) is 20.4 Å². The monoisotopic (exact) mass is 478 g/mol. The van der Waals surface area contributed by atoms with Crippen molar-refractivity contribution in [3.8, 4) is 5.69 Å². The van der Waals surface area contributed by atoms with Crippen LogP contribution in [0.5, 0.6) is 0 Å². The maximum atomic E-state index is 14.5. The van der Waals surface area contributed by atoms with Crippen LogP contribution in [0.1, 0.15) is 35.7 Å². The summed E-state index contributed by atoms with van der Waals surface area (Å²) in [5, 5.41) is 7.35. The van der Waals surface area contributed by atoms with Gasteiger partial charge in [-0.25, -0.2) is 18.3 Å². The van der Waals surface area contributed by atoms with Gasteiger partial charge in [0.25, 0.3) is 11.5 Å². The van der Waals surface area contributed by atoms with Crippen molar-refractivity contribution in [1.82, 2.24) is 29.5 Å². The fourth-order valence-corrected chi connectivity index (χ4v) is 4.98. The molecule has 2 aliphatic rings. The lowest BCUT2D eigenvalue weighted by Gasteiger charge is -2.56. The summed E-state index contributed by atoms with van der Waals surface area (Å²) in [4.78, 5) is 36.6. The Kier molecular flexibility index (Phi) is 4.29. The molecule has 178 valence electrons. The Morgan fingerprint density at radius 2 is 2.00 bits per heavy atom. The van der Waals surface area contributed by atoms with Crippen LogP contribution in [0.2, 0.25) is 0 Å². The minimum atomic E-state index is -0.988. The van der Waals surface area contributed by atoms with Crippen LogP contribution in [0.25, 0.3) is 11.2 Å². The van der Waals surface area contributed by atoms with E-state index in [1.165, 1.54) is 33.5 Å². The first-order chi connectivity index (χ1) is 16.7. The molecule has 1 fully saturated rings. The molecule has 4 aromatic rings. The average Bonchev–Trinajstić information content (AvgIpc) is 3.38. The summed E-state index contributed by atoms with van der Waals surface area (Å²) in [5.41, 5.74) is 5.01. The molecule has 0 radical (unpaired) electrons. The third-order valence-electron chi connectivity index (χ3n) is 7.01. The van der Waals surface area contributed by atoms with E-state index in [1.807, 2.05) is 18.7 Å². The molecule has 0 aliphatic carbocycles. The van der Waals surface area contributed by atoms with Crippen molar-refractivity contribution in [3.63, 3.8) is 0 Å². The Morgan fingerprint density at radius 3 is 2.74 bits per heavy atom. The minimum absolute atomic E-state index is 0.00978. The molecule has 2 atom stereocenters. The van der Waals surface area contributed by atoms with Crippen molar-refractivity contribution in [2.45, 2.75) is 25.9 Å². The number of nitrogens with zero attached hydrogens (tertiary/aromatic N) is 6. The van der Waals surface area contributed by atoms with E-state index in [0.717, 1.165) is 6.07 Å². The maximum Gasteiger partial charge on any atom is 0.285 e. The van der Waals surface area contributed by atoms with Gasteiger partial charge >= 0.3 is 0 Å². The maximum absolute atomic E-state index is 14.5. The Labute approximate surface area is 197 Å². The highest BCUT2D eigenvalue weighted by molar-refractivity contribution is 6.02. The van der Waals surface area contributed by atoms with Gasteiger partial charge in [0.15, 0.2) is 17.2 Å². The number of carbonyl (C=O) groups excluding carboxylic acids is 1. The number of amides is 1. The second-order valence-corrected chi connectivity index (χ2v) is 8.97. The third kappa shape index (κ3) is 2.82. The first kappa shape index (κ1) is 21.2. The van der Waals surface area contributed by atoms with Gasteiger partial charge in [0.2, 0.25) is 5.95 Å². The standard InChI is InChI=1S/C23H20F2N8O2/c1-11-10-31(18-16-15(9-27-19(16)34)28-22(26)29-18)23(11,2)21-30-32-7-6-14(25)17(32)20(35)33(21)13-5-3-4-12(24)8-13/h3-8,11H,9-10H2,1-2H3,(H,27,34)(H2,26,28,29)/t11-,23-/m0/s1. The number of nitrogen functional groups attached to an aromatic ring is 1. The Bertz CT molecular complexity index is 1610. The summed E-state index contributed by atoms with van der Waals surface area (Å²) in [5.74, 6) is -1.13. The molecule has 5 heterocycles. The summed E-state index contributed by atoms with van der Waals surface area (Å²) in [6.07, 6.45) is 1.36. The van der Waals surface area contributed by atoms with Crippen LogP contribution in [0.4, 0.5) is 20.5 Å². The van der Waals surface area contributed by atoms with Crippen LogP contribution in [0.15, 0.2) is 41.3 Å². The van der Waals surface area contributed by atoms with E-state index in [0.29, 0.717) is 23.6 Å². The zero-order valence-electron chi connectivity index (χ0n) is 18.8. The predicted molar refractivity (Wildman–Crippen MR) is 122 cm³/mol. The fourth-order valence-electron chi connectivity index (χ4n) is 4.98. The van der Waals surface area contributed by atoms with Crippen LogP contribution in [0.3, 0.4) is 0 Å². The molecule has 1 amide bonds. The van der Waals surface area contributed by atoms with Crippen molar-refractivity contribution in [2.24, 2.45) is 5.92 Å². The summed E-state index contributed by atoms with van der Waals surface area (Å²) in [7, 11) is 0. The largest absolute Gasteiger partial charge is 0.368 e. The molecule has 1 saturated heterocycles. The fraction of sp³-hybridized carbons (Fsp3) is 0.261. The lowest BCUT2D eigenvalue weighted by molar-refractivity contribution is 0.0964. The van der Waals surface area contributed by atoms with Crippen molar-refractivity contribution in [1.29, 1.82) is 0 Å². The Balaban J connectivity index is 1.64. The zero-order valence-corrected chi connectivity index (χ0v) is 18.8. The Hall–Kier alpha value is -4.35. The lowest BCUT2D eigenvalue weighted by atomic mass is 9.75. The molecule has 0 unspecified atom stereocenters. The summed E-state index contributed by atoms with van der Waals surface area (Å²) >= 11 is 0. The van der Waals surface area contributed by atoms with Crippen molar-refractivity contribution in [3.05, 3.63) is 75.6 Å². The van der Waals surface area contributed by atoms with Gasteiger partial charge in [-0.2, -0.15) is 10.1 Å². The molecule has 10 nitrogen and oxygen atoms in total. The van der Waals surface area contributed by atoms with Crippen molar-refractivity contribution < 1.29 is 13.6 Å². The quantitative estimate of drug-likeness (QED) is 0.460. The molecular weight excluding hydrogens is 458 g/mol. The minimum Gasteiger partial charge on any atom is -0.368 e. The molecule has 1 aromatic carbocycles. The highest BCUT2D eigenvalue weighted by Crippen LogP contribution is 2.48. The SMILES string of the molecule is C[C@H]1CN(c2nc(N)nc3c2C(=O)NC3)[C@]1(C)c1nn2ccc(F)c2c(=O)n1-c1cccc(F)c1. The molecule has 3 aromatic heterocycles. The predicted octanol–water partition coefficient (Wildman–Crippen LogP) is 1.75. The first-order valence-corrected chi connectivity index (χ1v) is 11.0. The molecule has 2 aliphatic heterocycles. The number of benzene rings is 1. The highest BCUT2D eigenvalue weighted by Gasteiger charge is 2.54. The Morgan fingerprint density at radius 1 is 1.20 bits per heavy atom. The van der Waals surface area contributed by atoms with E-state index in [9.17, 15) is 18.4 Å². The topological polar surface area (TPSA) is 123 Å². The first-order valence-electron chi connectivity index (χ1n) is 11.0. The number of aromatic nitrogens is 5. The van der Waals surface area contributed by atoms with Crippen LogP contribution in [-0.4, -0.2) is 36.6 Å². The molecule has 0 saturated carbocycles. The smallest absolute Gasteiger partial charge is 0.285 e. The van der Waals surface area contributed by atoms with Gasteiger partial charge in [-0.15, -0.1) is 0 Å². The molecule has 12 heteroatoms. The molecule has 35 heavy (non-hydrogen) atoms. The number of hydrogen-bond donors (Lipinski definition) is 2. The summed E-state index contributed by atoms with van der Waals surface area (Å²) < 4.78 is 31.1. The molecule has 6 rings (SSSR count). The second-order valence-electron chi connectivity index (χ2n) is 8.97. The van der Waals surface area contributed by atoms with Gasteiger partial charge in [0, 0.05) is 18.7 Å². The molecule has 0 bridgehead atoms. The van der Waals surface area contributed by atoms with Crippen LogP contribution < -0.4 is 21.5 Å². The summed E-state index contributed by atoms with van der Waals surface area (Å²) in [6.45, 7) is 4.52. The van der Waals surface area contributed by atoms with Gasteiger partial charge in [0.05, 0.1) is 17.9 Å². The number of anilines is 2. The highest BCUT2D eigenvalue weighted by atomic mass is 19.1. The number of rotatable bonds is 3. The summed E-state index contributed by atoms with van der Waals surface area (Å²) in [6, 6.07) is 6.61. The van der Waals surface area contributed by atoms with E-state index >= 15 is 0 Å². The van der Waals surface area contributed by atoms with E-state index in [1.54, 1.807) is 6.07 Å². The number of nitrogens with two attached hydrogens (primary N) is 1. The van der Waals surface area contributed by atoms with Crippen LogP contribution in [0, 0.1) is 17.6 Å².